The number of carbonyl (C=O) groups is 5. The highest BCUT2D eigenvalue weighted by molar-refractivity contribution is 6.06. The molecule has 0 spiro atoms. The average molecular weight is 683 g/mol. The van der Waals surface area contributed by atoms with Gasteiger partial charge in [0.05, 0.1) is 0 Å². The summed E-state index contributed by atoms with van der Waals surface area (Å²) in [6, 6.07) is 12.8. The number of guanidine groups is 1. The van der Waals surface area contributed by atoms with Gasteiger partial charge in [-0.15, -0.1) is 0 Å². The fourth-order valence-electron chi connectivity index (χ4n) is 4.17. The lowest BCUT2D eigenvalue weighted by Crippen LogP contribution is -2.39. The first-order chi connectivity index (χ1) is 22.9. The quantitative estimate of drug-likeness (QED) is 0.0912. The van der Waals surface area contributed by atoms with Gasteiger partial charge in [-0.3, -0.25) is 14.4 Å². The van der Waals surface area contributed by atoms with Gasteiger partial charge in [-0.1, -0.05) is 12.1 Å². The van der Waals surface area contributed by atoms with Gasteiger partial charge >= 0.3 is 12.2 Å². The second-order valence-electron chi connectivity index (χ2n) is 13.1. The Morgan fingerprint density at radius 1 is 0.714 bits per heavy atom. The molecule has 0 bridgehead atoms. The second kappa shape index (κ2) is 18.9. The third kappa shape index (κ3) is 16.9. The van der Waals surface area contributed by atoms with Crippen LogP contribution in [0, 0.1) is 0 Å². The molecule has 0 aliphatic heterocycles. The van der Waals surface area contributed by atoms with Crippen molar-refractivity contribution in [3.05, 3.63) is 59.7 Å². The molecule has 0 saturated carbocycles. The number of carbonyl (C=O) groups excluding carboxylic acids is 5. The fraction of sp³-hybridized carbons (Fsp3) is 0.471. The number of nitrogens with two attached hydrogens (primary N) is 2. The molecule has 2 aromatic rings. The van der Waals surface area contributed by atoms with Crippen molar-refractivity contribution in [2.24, 2.45) is 16.5 Å². The van der Waals surface area contributed by atoms with E-state index in [0.29, 0.717) is 55.8 Å². The van der Waals surface area contributed by atoms with Crippen LogP contribution in [-0.4, -0.2) is 84.7 Å². The Balaban J connectivity index is 1.89. The van der Waals surface area contributed by atoms with E-state index in [0.717, 1.165) is 0 Å². The molecule has 15 nitrogen and oxygen atoms in total. The van der Waals surface area contributed by atoms with Gasteiger partial charge in [0, 0.05) is 48.7 Å². The van der Waals surface area contributed by atoms with Gasteiger partial charge < -0.3 is 47.1 Å². The Kier molecular flexibility index (Phi) is 15.3. The molecule has 0 aliphatic carbocycles. The maximum Gasteiger partial charge on any atom is 0.410 e. The van der Waals surface area contributed by atoms with Gasteiger partial charge in [0.25, 0.3) is 11.8 Å². The zero-order chi connectivity index (χ0) is 36.6. The number of amides is 5. The van der Waals surface area contributed by atoms with Crippen LogP contribution in [0.3, 0.4) is 0 Å². The lowest BCUT2D eigenvalue weighted by atomic mass is 10.1. The second-order valence-corrected chi connectivity index (χ2v) is 13.1. The summed E-state index contributed by atoms with van der Waals surface area (Å²) in [5.41, 5.74) is 10.6. The minimum Gasteiger partial charge on any atom is -0.444 e. The topological polar surface area (TPSA) is 220 Å². The third-order valence-corrected chi connectivity index (χ3v) is 6.26. The standard InChI is InChI=1S/C34H50N8O7/c1-33(2,3)48-31(46)38-16-7-8-18-42(32(47)49-34(4,5)6)19-11-17-37-28(44)23-12-9-15-26(20-23)41-29(45)24-13-10-14-25(21-24)40-27(43)22-39-30(35)36/h9-10,12-15,20-21H,7-8,11,16-19,22H2,1-6H3,(H,37,44)(H,38,46)(H,40,43)(H,41,45)(H4,35,36,39). The highest BCUT2D eigenvalue weighted by Crippen LogP contribution is 2.16. The summed E-state index contributed by atoms with van der Waals surface area (Å²) in [6.45, 7) is 11.9. The van der Waals surface area contributed by atoms with Crippen molar-refractivity contribution in [3.8, 4) is 0 Å². The Bertz CT molecular complexity index is 1480. The summed E-state index contributed by atoms with van der Waals surface area (Å²) in [4.78, 5) is 67.8. The zero-order valence-corrected chi connectivity index (χ0v) is 29.2. The normalized spacial score (nSPS) is 11.1. The van der Waals surface area contributed by atoms with Gasteiger partial charge in [0.15, 0.2) is 5.96 Å². The van der Waals surface area contributed by atoms with E-state index < -0.39 is 35.2 Å². The van der Waals surface area contributed by atoms with Gasteiger partial charge in [-0.05, 0) is 97.2 Å². The first-order valence-corrected chi connectivity index (χ1v) is 16.0. The molecule has 2 aromatic carbocycles. The highest BCUT2D eigenvalue weighted by Gasteiger charge is 2.22. The number of nitrogens with zero attached hydrogens (tertiary/aromatic N) is 2. The van der Waals surface area contributed by atoms with Crippen molar-refractivity contribution in [3.63, 3.8) is 0 Å². The Hall–Kier alpha value is -5.34. The molecule has 49 heavy (non-hydrogen) atoms. The van der Waals surface area contributed by atoms with Crippen molar-refractivity contribution in [2.75, 3.05) is 43.4 Å². The SMILES string of the molecule is CC(C)(C)OC(=O)NCCCCN(CCCNC(=O)c1cccc(NC(=O)c2cccc(NC(=O)CN=C(N)N)c2)c1)C(=O)OC(C)(C)C. The van der Waals surface area contributed by atoms with E-state index in [4.69, 9.17) is 20.9 Å². The lowest BCUT2D eigenvalue weighted by Gasteiger charge is -2.27. The minimum absolute atomic E-state index is 0.210. The molecule has 0 aliphatic rings. The number of unbranched alkanes of at least 4 members (excludes halogenated alkanes) is 1. The van der Waals surface area contributed by atoms with Crippen LogP contribution in [-0.2, 0) is 14.3 Å². The summed E-state index contributed by atoms with van der Waals surface area (Å²) >= 11 is 0. The summed E-state index contributed by atoms with van der Waals surface area (Å²) in [5, 5.41) is 10.9. The summed E-state index contributed by atoms with van der Waals surface area (Å²) in [6.07, 6.45) is 0.774. The first kappa shape index (κ1) is 39.8. The molecule has 0 fully saturated rings. The number of ether oxygens (including phenoxy) is 2. The average Bonchev–Trinajstić information content (AvgIpc) is 2.99. The molecule has 0 aromatic heterocycles. The number of alkyl carbamates (subject to hydrolysis) is 1. The van der Waals surface area contributed by atoms with Gasteiger partial charge in [0.2, 0.25) is 5.91 Å². The molecular weight excluding hydrogens is 632 g/mol. The lowest BCUT2D eigenvalue weighted by molar-refractivity contribution is -0.114. The van der Waals surface area contributed by atoms with Gasteiger partial charge in [-0.25, -0.2) is 14.6 Å². The van der Waals surface area contributed by atoms with Crippen LogP contribution in [0.25, 0.3) is 0 Å². The number of anilines is 2. The summed E-state index contributed by atoms with van der Waals surface area (Å²) in [7, 11) is 0. The summed E-state index contributed by atoms with van der Waals surface area (Å²) in [5.74, 6) is -1.45. The van der Waals surface area contributed by atoms with Crippen LogP contribution in [0.15, 0.2) is 53.5 Å². The van der Waals surface area contributed by atoms with Gasteiger partial charge in [0.1, 0.15) is 17.7 Å². The Labute approximate surface area is 287 Å². The number of aliphatic imine (C=N–C) groups is 1. The molecule has 0 unspecified atom stereocenters. The van der Waals surface area contributed by atoms with Crippen LogP contribution >= 0.6 is 0 Å². The first-order valence-electron chi connectivity index (χ1n) is 16.0. The maximum atomic E-state index is 12.9. The van der Waals surface area contributed by atoms with E-state index >= 15 is 0 Å². The number of hydrogen-bond acceptors (Lipinski definition) is 8. The van der Waals surface area contributed by atoms with Crippen LogP contribution < -0.4 is 32.7 Å². The van der Waals surface area contributed by atoms with Crippen molar-refractivity contribution in [1.29, 1.82) is 0 Å². The van der Waals surface area contributed by atoms with Crippen molar-refractivity contribution in [1.82, 2.24) is 15.5 Å². The van der Waals surface area contributed by atoms with E-state index in [-0.39, 0.29) is 30.5 Å². The number of rotatable bonds is 15. The van der Waals surface area contributed by atoms with Crippen LogP contribution in [0.4, 0.5) is 21.0 Å². The summed E-state index contributed by atoms with van der Waals surface area (Å²) < 4.78 is 10.8. The van der Waals surface area contributed by atoms with Gasteiger partial charge in [-0.2, -0.15) is 0 Å². The monoisotopic (exact) mass is 682 g/mol. The maximum absolute atomic E-state index is 12.9. The van der Waals surface area contributed by atoms with Crippen molar-refractivity contribution in [2.45, 2.75) is 72.0 Å². The molecule has 268 valence electrons. The largest absolute Gasteiger partial charge is 0.444 e. The van der Waals surface area contributed by atoms with Crippen molar-refractivity contribution < 1.29 is 33.4 Å². The van der Waals surface area contributed by atoms with E-state index in [1.807, 2.05) is 0 Å². The Morgan fingerprint density at radius 2 is 1.27 bits per heavy atom. The smallest absolute Gasteiger partial charge is 0.410 e. The number of nitrogens with one attached hydrogen (secondary N) is 4. The molecule has 2 rings (SSSR count). The van der Waals surface area contributed by atoms with Crippen LogP contribution in [0.1, 0.15) is 81.5 Å². The molecule has 0 radical (unpaired) electrons. The molecule has 0 heterocycles. The molecule has 5 amide bonds. The van der Waals surface area contributed by atoms with Crippen molar-refractivity contribution >= 4 is 47.2 Å². The Morgan fingerprint density at radius 3 is 1.86 bits per heavy atom. The zero-order valence-electron chi connectivity index (χ0n) is 29.2. The predicted molar refractivity (Wildman–Crippen MR) is 188 cm³/mol. The van der Waals surface area contributed by atoms with E-state index in [9.17, 15) is 24.0 Å². The molecular formula is C34H50N8O7. The van der Waals surface area contributed by atoms with E-state index in [1.54, 1.807) is 88.9 Å². The molecule has 15 heteroatoms. The minimum atomic E-state index is -0.670. The molecule has 0 saturated heterocycles. The van der Waals surface area contributed by atoms with E-state index in [1.165, 1.54) is 6.07 Å². The highest BCUT2D eigenvalue weighted by atomic mass is 16.6. The third-order valence-electron chi connectivity index (χ3n) is 6.26. The fourth-order valence-corrected chi connectivity index (χ4v) is 4.17. The van der Waals surface area contributed by atoms with E-state index in [2.05, 4.69) is 26.3 Å². The molecule has 0 atom stereocenters. The number of hydrogen-bond donors (Lipinski definition) is 6. The van der Waals surface area contributed by atoms with Crippen LogP contribution in [0.2, 0.25) is 0 Å². The number of benzene rings is 2. The molecule has 8 N–H and O–H groups in total. The predicted octanol–water partition coefficient (Wildman–Crippen LogP) is 3.81. The van der Waals surface area contributed by atoms with Crippen LogP contribution in [0.5, 0.6) is 0 Å².